The third-order valence-electron chi connectivity index (χ3n) is 4.99. The third kappa shape index (κ3) is 5.92. The minimum atomic E-state index is 0.381. The van der Waals surface area contributed by atoms with Crippen molar-refractivity contribution in [2.45, 2.75) is 39.2 Å². The normalized spacial score (nSPS) is 22.2. The zero-order valence-electron chi connectivity index (χ0n) is 16.2. The average Bonchev–Trinajstić information content (AvgIpc) is 2.60. The van der Waals surface area contributed by atoms with Gasteiger partial charge in [0.05, 0.1) is 7.11 Å². The molecule has 0 radical (unpaired) electrons. The van der Waals surface area contributed by atoms with Crippen LogP contribution in [0.5, 0.6) is 5.75 Å². The Bertz CT molecular complexity index is 541. The Labute approximate surface area is 152 Å². The monoisotopic (exact) mass is 346 g/mol. The zero-order chi connectivity index (χ0) is 18.2. The van der Waals surface area contributed by atoms with E-state index >= 15 is 0 Å². The quantitative estimate of drug-likeness (QED) is 0.588. The number of guanidine groups is 1. The molecule has 0 aliphatic carbocycles. The number of methoxy groups -OCH3 is 1. The molecule has 1 aliphatic rings. The molecule has 0 bridgehead atoms. The highest BCUT2D eigenvalue weighted by Gasteiger charge is 2.30. The largest absolute Gasteiger partial charge is 0.497 e. The SMILES string of the molecule is COc1ccc(C2C(CN=C(N)NCCC(C)C)CCCN2C)cc1. The van der Waals surface area contributed by atoms with Crippen molar-refractivity contribution in [3.05, 3.63) is 29.8 Å². The van der Waals surface area contributed by atoms with Gasteiger partial charge in [-0.25, -0.2) is 0 Å². The van der Waals surface area contributed by atoms with E-state index in [2.05, 4.69) is 48.2 Å². The van der Waals surface area contributed by atoms with Gasteiger partial charge >= 0.3 is 0 Å². The molecule has 3 N–H and O–H groups in total. The van der Waals surface area contributed by atoms with Crippen molar-refractivity contribution >= 4 is 5.96 Å². The molecule has 1 saturated heterocycles. The Morgan fingerprint density at radius 1 is 1.36 bits per heavy atom. The van der Waals surface area contributed by atoms with Gasteiger partial charge < -0.3 is 15.8 Å². The Morgan fingerprint density at radius 2 is 2.08 bits per heavy atom. The van der Waals surface area contributed by atoms with Gasteiger partial charge in [0.1, 0.15) is 5.75 Å². The van der Waals surface area contributed by atoms with Crippen LogP contribution in [0.15, 0.2) is 29.3 Å². The Morgan fingerprint density at radius 3 is 2.72 bits per heavy atom. The Kier molecular flexibility index (Phi) is 7.56. The van der Waals surface area contributed by atoms with Crippen LogP contribution in [0.1, 0.15) is 44.7 Å². The number of likely N-dealkylation sites (tertiary alicyclic amines) is 1. The molecular weight excluding hydrogens is 312 g/mol. The summed E-state index contributed by atoms with van der Waals surface area (Å²) in [6, 6.07) is 8.81. The van der Waals surface area contributed by atoms with Gasteiger partial charge in [0.25, 0.3) is 0 Å². The summed E-state index contributed by atoms with van der Waals surface area (Å²) in [5, 5.41) is 3.23. The molecule has 0 aromatic heterocycles. The molecule has 1 fully saturated rings. The van der Waals surface area contributed by atoms with Crippen LogP contribution in [0, 0.1) is 11.8 Å². The molecule has 5 nitrogen and oxygen atoms in total. The lowest BCUT2D eigenvalue weighted by Crippen LogP contribution is -2.38. The van der Waals surface area contributed by atoms with E-state index in [1.165, 1.54) is 18.4 Å². The van der Waals surface area contributed by atoms with Gasteiger partial charge in [0.2, 0.25) is 0 Å². The maximum Gasteiger partial charge on any atom is 0.188 e. The summed E-state index contributed by atoms with van der Waals surface area (Å²) in [6.07, 6.45) is 3.50. The lowest BCUT2D eigenvalue weighted by atomic mass is 9.85. The first kappa shape index (κ1) is 19.6. The van der Waals surface area contributed by atoms with Gasteiger partial charge in [-0.1, -0.05) is 26.0 Å². The number of rotatable bonds is 7. The van der Waals surface area contributed by atoms with Crippen molar-refractivity contribution in [1.82, 2.24) is 10.2 Å². The minimum Gasteiger partial charge on any atom is -0.497 e. The molecule has 25 heavy (non-hydrogen) atoms. The predicted octanol–water partition coefficient (Wildman–Crippen LogP) is 3.03. The number of aliphatic imine (C=N–C) groups is 1. The number of ether oxygens (including phenoxy) is 1. The molecule has 1 heterocycles. The van der Waals surface area contributed by atoms with Crippen molar-refractivity contribution in [3.63, 3.8) is 0 Å². The standard InChI is InChI=1S/C20H34N4O/c1-15(2)11-12-22-20(21)23-14-17-6-5-13-24(3)19(17)16-7-9-18(25-4)10-8-16/h7-10,15,17,19H,5-6,11-14H2,1-4H3,(H3,21,22,23). The van der Waals surface area contributed by atoms with Gasteiger partial charge in [-0.05, 0) is 62.4 Å². The highest BCUT2D eigenvalue weighted by Crippen LogP contribution is 2.35. The zero-order valence-corrected chi connectivity index (χ0v) is 16.2. The lowest BCUT2D eigenvalue weighted by Gasteiger charge is -2.39. The number of nitrogens with zero attached hydrogens (tertiary/aromatic N) is 2. The number of hydrogen-bond donors (Lipinski definition) is 2. The van der Waals surface area contributed by atoms with Crippen molar-refractivity contribution in [2.24, 2.45) is 22.6 Å². The summed E-state index contributed by atoms with van der Waals surface area (Å²) >= 11 is 0. The molecule has 0 amide bonds. The molecule has 0 saturated carbocycles. The van der Waals surface area contributed by atoms with Crippen molar-refractivity contribution in [2.75, 3.05) is 33.8 Å². The van der Waals surface area contributed by atoms with Gasteiger partial charge in [0, 0.05) is 19.1 Å². The summed E-state index contributed by atoms with van der Waals surface area (Å²) in [4.78, 5) is 7.06. The second-order valence-corrected chi connectivity index (χ2v) is 7.44. The fourth-order valence-corrected chi connectivity index (χ4v) is 3.54. The van der Waals surface area contributed by atoms with Crippen LogP contribution in [0.25, 0.3) is 0 Å². The molecular formula is C20H34N4O. The van der Waals surface area contributed by atoms with E-state index < -0.39 is 0 Å². The number of hydrogen-bond acceptors (Lipinski definition) is 3. The summed E-state index contributed by atoms with van der Waals surface area (Å²) in [5.41, 5.74) is 7.37. The molecule has 1 aliphatic heterocycles. The van der Waals surface area contributed by atoms with E-state index in [4.69, 9.17) is 10.5 Å². The summed E-state index contributed by atoms with van der Waals surface area (Å²) in [7, 11) is 3.91. The van der Waals surface area contributed by atoms with Gasteiger partial charge in [-0.2, -0.15) is 0 Å². The van der Waals surface area contributed by atoms with E-state index in [1.807, 2.05) is 12.1 Å². The second-order valence-electron chi connectivity index (χ2n) is 7.44. The maximum atomic E-state index is 6.04. The van der Waals surface area contributed by atoms with E-state index in [0.717, 1.165) is 31.8 Å². The molecule has 2 rings (SSSR count). The highest BCUT2D eigenvalue weighted by atomic mass is 16.5. The first-order valence-electron chi connectivity index (χ1n) is 9.39. The third-order valence-corrected chi connectivity index (χ3v) is 4.99. The molecule has 140 valence electrons. The van der Waals surface area contributed by atoms with Crippen LogP contribution >= 0.6 is 0 Å². The smallest absolute Gasteiger partial charge is 0.188 e. The Balaban J connectivity index is 2.00. The molecule has 0 spiro atoms. The summed E-state index contributed by atoms with van der Waals surface area (Å²) in [6.45, 7) is 7.21. The summed E-state index contributed by atoms with van der Waals surface area (Å²) < 4.78 is 5.28. The van der Waals surface area contributed by atoms with Gasteiger partial charge in [0.15, 0.2) is 5.96 Å². The fraction of sp³-hybridized carbons (Fsp3) is 0.650. The molecule has 2 unspecified atom stereocenters. The van der Waals surface area contributed by atoms with Crippen molar-refractivity contribution in [3.8, 4) is 5.75 Å². The number of nitrogens with one attached hydrogen (secondary N) is 1. The lowest BCUT2D eigenvalue weighted by molar-refractivity contribution is 0.125. The van der Waals surface area contributed by atoms with E-state index in [1.54, 1.807) is 7.11 Å². The molecule has 2 atom stereocenters. The van der Waals surface area contributed by atoms with Crippen LogP contribution in [-0.4, -0.2) is 44.7 Å². The second kappa shape index (κ2) is 9.66. The molecule has 1 aromatic carbocycles. The highest BCUT2D eigenvalue weighted by molar-refractivity contribution is 5.77. The van der Waals surface area contributed by atoms with Crippen LogP contribution in [0.3, 0.4) is 0 Å². The number of nitrogens with two attached hydrogens (primary N) is 1. The van der Waals surface area contributed by atoms with Crippen LogP contribution < -0.4 is 15.8 Å². The molecule has 1 aromatic rings. The van der Waals surface area contributed by atoms with Gasteiger partial charge in [-0.3, -0.25) is 9.89 Å². The maximum absolute atomic E-state index is 6.04. The van der Waals surface area contributed by atoms with Crippen LogP contribution in [0.2, 0.25) is 0 Å². The fourth-order valence-electron chi connectivity index (χ4n) is 3.54. The van der Waals surface area contributed by atoms with Crippen molar-refractivity contribution < 1.29 is 4.74 Å². The summed E-state index contributed by atoms with van der Waals surface area (Å²) in [5.74, 6) is 2.63. The van der Waals surface area contributed by atoms with Gasteiger partial charge in [-0.15, -0.1) is 0 Å². The van der Waals surface area contributed by atoms with E-state index in [-0.39, 0.29) is 0 Å². The average molecular weight is 347 g/mol. The molecule has 5 heteroatoms. The van der Waals surface area contributed by atoms with Crippen molar-refractivity contribution in [1.29, 1.82) is 0 Å². The van der Waals surface area contributed by atoms with Crippen LogP contribution in [-0.2, 0) is 0 Å². The first-order chi connectivity index (χ1) is 12.0. The predicted molar refractivity (Wildman–Crippen MR) is 105 cm³/mol. The van der Waals surface area contributed by atoms with Crippen LogP contribution in [0.4, 0.5) is 0 Å². The minimum absolute atomic E-state index is 0.381. The topological polar surface area (TPSA) is 62.9 Å². The van der Waals surface area contributed by atoms with E-state index in [0.29, 0.717) is 23.8 Å². The number of piperidine rings is 1. The van der Waals surface area contributed by atoms with E-state index in [9.17, 15) is 0 Å². The number of benzene rings is 1. The first-order valence-corrected chi connectivity index (χ1v) is 9.39. The Hall–Kier alpha value is -1.75.